The molecule has 0 radical (unpaired) electrons. The highest BCUT2D eigenvalue weighted by molar-refractivity contribution is 8.13. The quantitative estimate of drug-likeness (QED) is 0.698. The first-order valence-electron chi connectivity index (χ1n) is 10.6. The summed E-state index contributed by atoms with van der Waals surface area (Å²) in [5.74, 6) is -1.37. The van der Waals surface area contributed by atoms with Crippen LogP contribution < -0.4 is 5.01 Å². The number of ether oxygens (including phenoxy) is 1. The summed E-state index contributed by atoms with van der Waals surface area (Å²) in [6, 6.07) is 17.6. The first-order chi connectivity index (χ1) is 16.0. The van der Waals surface area contributed by atoms with Crippen LogP contribution in [0.3, 0.4) is 0 Å². The number of amides is 3. The highest BCUT2D eigenvalue weighted by Gasteiger charge is 2.65. The van der Waals surface area contributed by atoms with Crippen molar-refractivity contribution >= 4 is 46.1 Å². The molecule has 3 heterocycles. The van der Waals surface area contributed by atoms with Crippen LogP contribution >= 0.6 is 11.8 Å². The van der Waals surface area contributed by atoms with Gasteiger partial charge in [-0.05, 0) is 30.9 Å². The minimum Gasteiger partial charge on any atom is -0.447 e. The van der Waals surface area contributed by atoms with Crippen LogP contribution in [0.5, 0.6) is 0 Å². The average Bonchev–Trinajstić information content (AvgIpc) is 3.51. The molecule has 0 unspecified atom stereocenters. The van der Waals surface area contributed by atoms with E-state index >= 15 is 0 Å². The summed E-state index contributed by atoms with van der Waals surface area (Å²) in [5, 5.41) is 6.56. The molecule has 33 heavy (non-hydrogen) atoms. The van der Waals surface area contributed by atoms with Crippen LogP contribution in [0, 0.1) is 5.41 Å². The number of nitrogens with zero attached hydrogens (tertiary/aromatic N) is 4. The standard InChI is InChI=1S/C24H22N4O4S/c1-15-24(22(30)28(26-15)17-11-7-4-8-12-17)18(16-9-5-3-6-10-16)19(25-21(24)33-2)20(29)27-13-14-32-23(27)31/h3-12,18-19H,13-14H2,1-2H3/t18-,19-,24-/m0/s1. The van der Waals surface area contributed by atoms with Gasteiger partial charge in [0, 0.05) is 5.92 Å². The van der Waals surface area contributed by atoms with Gasteiger partial charge in [-0.15, -0.1) is 11.8 Å². The van der Waals surface area contributed by atoms with Crippen LogP contribution in [-0.4, -0.2) is 59.0 Å². The number of benzene rings is 2. The average molecular weight is 463 g/mol. The summed E-state index contributed by atoms with van der Waals surface area (Å²) >= 11 is 1.33. The normalized spacial score (nSPS) is 26.6. The van der Waals surface area contributed by atoms with E-state index in [4.69, 9.17) is 9.73 Å². The van der Waals surface area contributed by atoms with Gasteiger partial charge in [-0.1, -0.05) is 48.5 Å². The molecule has 2 aromatic carbocycles. The van der Waals surface area contributed by atoms with Crippen molar-refractivity contribution in [3.63, 3.8) is 0 Å². The van der Waals surface area contributed by atoms with Crippen molar-refractivity contribution in [2.45, 2.75) is 18.9 Å². The molecule has 1 fully saturated rings. The first kappa shape index (κ1) is 21.4. The van der Waals surface area contributed by atoms with Crippen LogP contribution in [0.4, 0.5) is 10.5 Å². The van der Waals surface area contributed by atoms with Crippen molar-refractivity contribution in [3.8, 4) is 0 Å². The fraction of sp³-hybridized carbons (Fsp3) is 0.292. The van der Waals surface area contributed by atoms with Gasteiger partial charge in [0.1, 0.15) is 18.1 Å². The Morgan fingerprint density at radius 1 is 1.09 bits per heavy atom. The number of carbonyl (C=O) groups is 3. The second-order valence-electron chi connectivity index (χ2n) is 8.02. The van der Waals surface area contributed by atoms with Crippen LogP contribution in [-0.2, 0) is 14.3 Å². The third-order valence-corrected chi connectivity index (χ3v) is 7.17. The number of anilines is 1. The predicted molar refractivity (Wildman–Crippen MR) is 126 cm³/mol. The Hall–Kier alpha value is -3.46. The maximum Gasteiger partial charge on any atom is 0.416 e. The number of imide groups is 1. The van der Waals surface area contributed by atoms with E-state index in [9.17, 15) is 14.4 Å². The number of aliphatic imine (C=N–C) groups is 1. The van der Waals surface area contributed by atoms with Crippen LogP contribution in [0.2, 0.25) is 0 Å². The largest absolute Gasteiger partial charge is 0.447 e. The van der Waals surface area contributed by atoms with Gasteiger partial charge < -0.3 is 4.74 Å². The zero-order valence-corrected chi connectivity index (χ0v) is 19.0. The minimum absolute atomic E-state index is 0.152. The van der Waals surface area contributed by atoms with E-state index in [0.717, 1.165) is 10.5 Å². The van der Waals surface area contributed by atoms with Gasteiger partial charge in [-0.3, -0.25) is 14.6 Å². The molecule has 0 saturated carbocycles. The number of hydrogen-bond acceptors (Lipinski definition) is 7. The highest BCUT2D eigenvalue weighted by atomic mass is 32.2. The van der Waals surface area contributed by atoms with Crippen molar-refractivity contribution < 1.29 is 19.1 Å². The minimum atomic E-state index is -1.24. The molecule has 3 aliphatic rings. The van der Waals surface area contributed by atoms with Gasteiger partial charge in [0.25, 0.3) is 11.8 Å². The molecule has 168 valence electrons. The smallest absolute Gasteiger partial charge is 0.416 e. The van der Waals surface area contributed by atoms with E-state index in [1.807, 2.05) is 66.9 Å². The Bertz CT molecular complexity index is 1180. The van der Waals surface area contributed by atoms with E-state index < -0.39 is 29.4 Å². The second-order valence-corrected chi connectivity index (χ2v) is 8.82. The lowest BCUT2D eigenvalue weighted by Crippen LogP contribution is -2.50. The van der Waals surface area contributed by atoms with E-state index in [-0.39, 0.29) is 19.1 Å². The van der Waals surface area contributed by atoms with Crippen molar-refractivity contribution in [3.05, 3.63) is 66.2 Å². The van der Waals surface area contributed by atoms with Gasteiger partial charge in [-0.25, -0.2) is 9.69 Å². The number of hydrazone groups is 1. The predicted octanol–water partition coefficient (Wildman–Crippen LogP) is 3.30. The van der Waals surface area contributed by atoms with Gasteiger partial charge >= 0.3 is 6.09 Å². The Kier molecular flexibility index (Phi) is 5.28. The molecule has 3 amide bonds. The van der Waals surface area contributed by atoms with Gasteiger partial charge in [0.15, 0.2) is 0 Å². The first-order valence-corrected chi connectivity index (χ1v) is 11.8. The number of para-hydroxylation sites is 1. The molecular formula is C24H22N4O4S. The fourth-order valence-electron chi connectivity index (χ4n) is 4.87. The van der Waals surface area contributed by atoms with Crippen molar-refractivity contribution in [2.24, 2.45) is 15.5 Å². The maximum atomic E-state index is 14.1. The molecule has 3 aliphatic heterocycles. The zero-order valence-electron chi connectivity index (χ0n) is 18.2. The van der Waals surface area contributed by atoms with Crippen LogP contribution in [0.1, 0.15) is 18.4 Å². The molecular weight excluding hydrogens is 440 g/mol. The van der Waals surface area contributed by atoms with E-state index in [1.54, 1.807) is 6.92 Å². The summed E-state index contributed by atoms with van der Waals surface area (Å²) < 4.78 is 4.99. The van der Waals surface area contributed by atoms with E-state index in [2.05, 4.69) is 5.10 Å². The van der Waals surface area contributed by atoms with E-state index in [1.165, 1.54) is 16.8 Å². The summed E-state index contributed by atoms with van der Waals surface area (Å²) in [5.41, 5.74) is 0.760. The lowest BCUT2D eigenvalue weighted by atomic mass is 9.68. The number of rotatable bonds is 3. The second kappa shape index (κ2) is 8.15. The number of thioether (sulfide) groups is 1. The van der Waals surface area contributed by atoms with Crippen LogP contribution in [0.25, 0.3) is 0 Å². The molecule has 0 aliphatic carbocycles. The zero-order chi connectivity index (χ0) is 23.2. The lowest BCUT2D eigenvalue weighted by Gasteiger charge is -2.33. The number of cyclic esters (lactones) is 1. The number of hydrogen-bond donors (Lipinski definition) is 0. The molecule has 1 spiro atoms. The summed E-state index contributed by atoms with van der Waals surface area (Å²) in [4.78, 5) is 45.7. The molecule has 0 aromatic heterocycles. The molecule has 8 nitrogen and oxygen atoms in total. The molecule has 0 bridgehead atoms. The molecule has 9 heteroatoms. The van der Waals surface area contributed by atoms with Crippen LogP contribution in [0.15, 0.2) is 70.8 Å². The Morgan fingerprint density at radius 2 is 1.76 bits per heavy atom. The fourth-order valence-corrected chi connectivity index (χ4v) is 5.78. The maximum absolute atomic E-state index is 14.1. The van der Waals surface area contributed by atoms with Crippen molar-refractivity contribution in [1.29, 1.82) is 0 Å². The SMILES string of the molecule is CSC1=N[C@H](C(=O)N2CCOC2=O)[C@H](c2ccccc2)[C@]12C(=O)N(c1ccccc1)N=C2C. The monoisotopic (exact) mass is 462 g/mol. The Labute approximate surface area is 195 Å². The lowest BCUT2D eigenvalue weighted by molar-refractivity contribution is -0.130. The molecule has 2 aromatic rings. The summed E-state index contributed by atoms with van der Waals surface area (Å²) in [6.45, 7) is 2.13. The van der Waals surface area contributed by atoms with Crippen molar-refractivity contribution in [1.82, 2.24) is 4.90 Å². The number of carbonyl (C=O) groups excluding carboxylic acids is 3. The Morgan fingerprint density at radius 3 is 2.36 bits per heavy atom. The summed E-state index contributed by atoms with van der Waals surface area (Å²) in [6.07, 6.45) is 1.16. The summed E-state index contributed by atoms with van der Waals surface area (Å²) in [7, 11) is 0. The molecule has 1 saturated heterocycles. The van der Waals surface area contributed by atoms with Gasteiger partial charge in [0.05, 0.1) is 23.0 Å². The highest BCUT2D eigenvalue weighted by Crippen LogP contribution is 2.54. The van der Waals surface area contributed by atoms with E-state index in [0.29, 0.717) is 16.4 Å². The Balaban J connectivity index is 1.66. The molecule has 3 atom stereocenters. The molecule has 0 N–H and O–H groups in total. The van der Waals surface area contributed by atoms with Gasteiger partial charge in [-0.2, -0.15) is 10.1 Å². The third-order valence-electron chi connectivity index (χ3n) is 6.36. The molecule has 5 rings (SSSR count). The third kappa shape index (κ3) is 3.10. The topological polar surface area (TPSA) is 91.6 Å². The van der Waals surface area contributed by atoms with Crippen molar-refractivity contribution in [2.75, 3.05) is 24.4 Å². The van der Waals surface area contributed by atoms with Gasteiger partial charge in [0.2, 0.25) is 0 Å².